The van der Waals surface area contributed by atoms with Gasteiger partial charge in [-0.05, 0) is 56.2 Å². The Kier molecular flexibility index (Phi) is 11.0. The number of piperazine rings is 1. The van der Waals surface area contributed by atoms with Crippen molar-refractivity contribution in [2.45, 2.75) is 52.6 Å². The summed E-state index contributed by atoms with van der Waals surface area (Å²) in [5.41, 5.74) is 3.29. The maximum absolute atomic E-state index is 12.0. The molecule has 2 aliphatic rings. The summed E-state index contributed by atoms with van der Waals surface area (Å²) in [5.74, 6) is 6.81. The highest BCUT2D eigenvalue weighted by molar-refractivity contribution is 6.23. The maximum atomic E-state index is 12.0. The molecule has 240 valence electrons. The quantitative estimate of drug-likeness (QED) is 0.127. The van der Waals surface area contributed by atoms with Crippen molar-refractivity contribution in [3.63, 3.8) is 0 Å². The van der Waals surface area contributed by atoms with Crippen LogP contribution < -0.4 is 15.3 Å². The Hall–Kier alpha value is -3.54. The molecule has 11 heteroatoms. The molecule has 2 aromatic rings. The van der Waals surface area contributed by atoms with Crippen LogP contribution in [0, 0.1) is 5.41 Å². The van der Waals surface area contributed by atoms with Gasteiger partial charge in [0, 0.05) is 80.6 Å². The molecule has 2 saturated heterocycles. The fourth-order valence-corrected chi connectivity index (χ4v) is 5.93. The Balaban J connectivity index is 1.66. The number of hydrogen-bond donors (Lipinski definition) is 1. The van der Waals surface area contributed by atoms with Crippen LogP contribution in [0.4, 0.5) is 0 Å². The zero-order chi connectivity index (χ0) is 31.9. The Morgan fingerprint density at radius 3 is 2.32 bits per heavy atom. The minimum atomic E-state index is -0.476. The first-order valence-corrected chi connectivity index (χ1v) is 15.3. The molecule has 11 nitrogen and oxygen atoms in total. The van der Waals surface area contributed by atoms with Crippen molar-refractivity contribution in [2.75, 3.05) is 66.2 Å². The number of amides is 1. The molecule has 2 N–H and O–H groups in total. The van der Waals surface area contributed by atoms with E-state index in [1.54, 1.807) is 24.4 Å². The lowest BCUT2D eigenvalue weighted by molar-refractivity contribution is -0.140. The van der Waals surface area contributed by atoms with Crippen LogP contribution >= 0.6 is 0 Å². The van der Waals surface area contributed by atoms with Crippen LogP contribution in [0.2, 0.25) is 0 Å². The third-order valence-electron chi connectivity index (χ3n) is 9.69. The number of nitrogens with two attached hydrogens (primary N) is 1. The lowest BCUT2D eigenvalue weighted by atomic mass is 9.73. The Morgan fingerprint density at radius 2 is 1.73 bits per heavy atom. The van der Waals surface area contributed by atoms with Gasteiger partial charge in [-0.15, -0.1) is 0 Å². The first-order chi connectivity index (χ1) is 21.0. The van der Waals surface area contributed by atoms with Crippen LogP contribution in [-0.4, -0.2) is 109 Å². The van der Waals surface area contributed by atoms with Gasteiger partial charge in [-0.2, -0.15) is 5.10 Å². The number of benzene rings is 1. The average molecular weight is 609 g/mol. The number of nitrogens with zero attached hydrogens (tertiary/aromatic N) is 5. The van der Waals surface area contributed by atoms with Gasteiger partial charge in [0.2, 0.25) is 6.29 Å². The standard InChI is InChI=1S/C33H48N6O5/c1-24(37-11-13-38(14-12-37)31(41)22-40)26-20-30(44-23-32(2,3)33(4,5)39-15-17-43-18-16-39)29(42-6)21-27(26)28(36-34)19-25-7-9-35-10-8-25/h7-10,20-22,24H,11-19,23,34H2,1-6H3/b36-28-. The molecule has 1 amide bonds. The fraction of sp³-hybridized carbons (Fsp3) is 0.576. The number of morpholine rings is 1. The summed E-state index contributed by atoms with van der Waals surface area (Å²) in [7, 11) is 1.64. The predicted molar refractivity (Wildman–Crippen MR) is 170 cm³/mol. The summed E-state index contributed by atoms with van der Waals surface area (Å²) >= 11 is 0. The molecule has 1 unspecified atom stereocenters. The molecule has 3 heterocycles. The van der Waals surface area contributed by atoms with Crippen LogP contribution in [0.5, 0.6) is 11.5 Å². The Morgan fingerprint density at radius 1 is 1.07 bits per heavy atom. The number of rotatable bonds is 12. The molecule has 1 aromatic carbocycles. The molecule has 1 atom stereocenters. The van der Waals surface area contributed by atoms with E-state index in [1.165, 1.54) is 0 Å². The van der Waals surface area contributed by atoms with Gasteiger partial charge in [0.15, 0.2) is 11.5 Å². The molecule has 4 rings (SSSR count). The van der Waals surface area contributed by atoms with Crippen molar-refractivity contribution in [3.8, 4) is 11.5 Å². The van der Waals surface area contributed by atoms with E-state index < -0.39 is 5.91 Å². The van der Waals surface area contributed by atoms with Crippen molar-refractivity contribution < 1.29 is 23.8 Å². The number of methoxy groups -OCH3 is 1. The summed E-state index contributed by atoms with van der Waals surface area (Å²) in [6, 6.07) is 7.87. The van der Waals surface area contributed by atoms with E-state index >= 15 is 0 Å². The molecule has 2 aliphatic heterocycles. The average Bonchev–Trinajstić information content (AvgIpc) is 3.06. The van der Waals surface area contributed by atoms with E-state index in [-0.39, 0.29) is 17.0 Å². The number of hydrazone groups is 1. The number of aldehydes is 1. The SMILES string of the molecule is COc1cc(/C(Cc2ccncc2)=N\N)c(C(C)N2CCN(C(=O)C=O)CC2)cc1OCC(C)(C)C(C)(C)N1CCOCC1. The van der Waals surface area contributed by atoms with Crippen molar-refractivity contribution in [1.82, 2.24) is 19.7 Å². The van der Waals surface area contributed by atoms with Crippen molar-refractivity contribution in [3.05, 3.63) is 53.3 Å². The molecular weight excluding hydrogens is 560 g/mol. The van der Waals surface area contributed by atoms with Crippen LogP contribution in [0.15, 0.2) is 41.8 Å². The van der Waals surface area contributed by atoms with Gasteiger partial charge in [-0.3, -0.25) is 24.4 Å². The minimum Gasteiger partial charge on any atom is -0.493 e. The van der Waals surface area contributed by atoms with Gasteiger partial charge >= 0.3 is 0 Å². The highest BCUT2D eigenvalue weighted by Crippen LogP contribution is 2.40. The van der Waals surface area contributed by atoms with Crippen molar-refractivity contribution in [2.24, 2.45) is 16.4 Å². The third-order valence-corrected chi connectivity index (χ3v) is 9.69. The number of carbonyl (C=O) groups is 2. The van der Waals surface area contributed by atoms with Gasteiger partial charge in [-0.25, -0.2) is 0 Å². The molecule has 1 aromatic heterocycles. The molecule has 0 bridgehead atoms. The van der Waals surface area contributed by atoms with E-state index in [0.717, 1.165) is 43.0 Å². The molecule has 2 fully saturated rings. The fourth-order valence-electron chi connectivity index (χ4n) is 5.93. The second-order valence-electron chi connectivity index (χ2n) is 12.7. The van der Waals surface area contributed by atoms with Gasteiger partial charge in [0.25, 0.3) is 5.91 Å². The first-order valence-electron chi connectivity index (χ1n) is 15.3. The lowest BCUT2D eigenvalue weighted by Crippen LogP contribution is -2.59. The summed E-state index contributed by atoms with van der Waals surface area (Å²) in [4.78, 5) is 33.5. The smallest absolute Gasteiger partial charge is 0.286 e. The van der Waals surface area contributed by atoms with Gasteiger partial charge in [0.1, 0.15) is 0 Å². The number of aromatic nitrogens is 1. The third kappa shape index (κ3) is 7.39. The Bertz CT molecular complexity index is 1300. The lowest BCUT2D eigenvalue weighted by Gasteiger charge is -2.50. The molecule has 0 aliphatic carbocycles. The van der Waals surface area contributed by atoms with E-state index in [9.17, 15) is 9.59 Å². The predicted octanol–water partition coefficient (Wildman–Crippen LogP) is 2.92. The zero-order valence-corrected chi connectivity index (χ0v) is 27.0. The van der Waals surface area contributed by atoms with Crippen LogP contribution in [0.1, 0.15) is 57.4 Å². The number of hydrogen-bond acceptors (Lipinski definition) is 10. The molecule has 44 heavy (non-hydrogen) atoms. The largest absolute Gasteiger partial charge is 0.493 e. The normalized spacial score (nSPS) is 18.1. The summed E-state index contributed by atoms with van der Waals surface area (Å²) in [6.07, 6.45) is 4.41. The summed E-state index contributed by atoms with van der Waals surface area (Å²) in [6.45, 7) is 17.1. The monoisotopic (exact) mass is 608 g/mol. The number of ether oxygens (including phenoxy) is 3. The zero-order valence-electron chi connectivity index (χ0n) is 27.0. The molecular formula is C33H48N6O5. The molecule has 0 saturated carbocycles. The first kappa shape index (κ1) is 33.4. The van der Waals surface area contributed by atoms with Crippen molar-refractivity contribution in [1.29, 1.82) is 0 Å². The van der Waals surface area contributed by atoms with E-state index in [2.05, 4.69) is 60.6 Å². The van der Waals surface area contributed by atoms with Gasteiger partial charge < -0.3 is 25.0 Å². The topological polar surface area (TPSA) is 123 Å². The number of carbonyl (C=O) groups excluding carboxylic acids is 2. The Labute approximate surface area is 261 Å². The van der Waals surface area contributed by atoms with Gasteiger partial charge in [0.05, 0.1) is 32.6 Å². The van der Waals surface area contributed by atoms with Crippen LogP contribution in [0.3, 0.4) is 0 Å². The summed E-state index contributed by atoms with van der Waals surface area (Å²) in [5, 5.41) is 4.24. The van der Waals surface area contributed by atoms with Crippen LogP contribution in [-0.2, 0) is 20.7 Å². The summed E-state index contributed by atoms with van der Waals surface area (Å²) < 4.78 is 18.1. The molecule has 0 spiro atoms. The van der Waals surface area contributed by atoms with Gasteiger partial charge in [-0.1, -0.05) is 13.8 Å². The second kappa shape index (κ2) is 14.5. The van der Waals surface area contributed by atoms with E-state index in [1.807, 2.05) is 18.2 Å². The van der Waals surface area contributed by atoms with E-state index in [4.69, 9.17) is 20.1 Å². The molecule has 0 radical (unpaired) electrons. The van der Waals surface area contributed by atoms with Crippen LogP contribution in [0.25, 0.3) is 0 Å². The van der Waals surface area contributed by atoms with Crippen molar-refractivity contribution >= 4 is 17.9 Å². The highest BCUT2D eigenvalue weighted by atomic mass is 16.5. The second-order valence-corrected chi connectivity index (χ2v) is 12.7. The van der Waals surface area contributed by atoms with E-state index in [0.29, 0.717) is 62.7 Å². The highest BCUT2D eigenvalue weighted by Gasteiger charge is 2.43. The minimum absolute atomic E-state index is 0.0567. The maximum Gasteiger partial charge on any atom is 0.286 e. The number of pyridine rings is 1.